The van der Waals surface area contributed by atoms with Gasteiger partial charge in [-0.25, -0.2) is 4.98 Å². The van der Waals surface area contributed by atoms with Crippen LogP contribution in [0.2, 0.25) is 0 Å². The number of nitrogens with one attached hydrogen (secondary N) is 1. The molecule has 1 aromatic heterocycles. The smallest absolute Gasteiger partial charge is 0.114 e. The third kappa shape index (κ3) is 2.30. The van der Waals surface area contributed by atoms with Crippen LogP contribution < -0.4 is 0 Å². The maximum atomic E-state index is 4.75. The minimum absolute atomic E-state index is 0.270. The Hall–Kier alpha value is -1.61. The summed E-state index contributed by atoms with van der Waals surface area (Å²) in [5.41, 5.74) is 4.61. The Labute approximate surface area is 121 Å². The summed E-state index contributed by atoms with van der Waals surface area (Å²) in [4.78, 5) is 8.19. The lowest BCUT2D eigenvalue weighted by Crippen LogP contribution is -1.97. The molecule has 0 saturated carbocycles. The van der Waals surface area contributed by atoms with E-state index in [-0.39, 0.29) is 5.92 Å². The van der Waals surface area contributed by atoms with Gasteiger partial charge in [-0.15, -0.1) is 0 Å². The molecular formula is C16H15BrN2. The van der Waals surface area contributed by atoms with E-state index in [2.05, 4.69) is 71.2 Å². The van der Waals surface area contributed by atoms with Gasteiger partial charge in [-0.3, -0.25) is 0 Å². The lowest BCUT2D eigenvalue weighted by molar-refractivity contribution is 0.845. The highest BCUT2D eigenvalue weighted by molar-refractivity contribution is 9.10. The molecule has 0 fully saturated rings. The van der Waals surface area contributed by atoms with Crippen LogP contribution in [0.3, 0.4) is 0 Å². The highest BCUT2D eigenvalue weighted by Crippen LogP contribution is 2.27. The number of imidazole rings is 1. The number of halogens is 1. The lowest BCUT2D eigenvalue weighted by Gasteiger charge is -2.07. The Bertz CT molecular complexity index is 716. The minimum atomic E-state index is 0.270. The first kappa shape index (κ1) is 12.4. The Morgan fingerprint density at radius 2 is 1.89 bits per heavy atom. The number of H-pyrrole nitrogens is 1. The quantitative estimate of drug-likeness (QED) is 0.724. The fourth-order valence-electron chi connectivity index (χ4n) is 2.37. The van der Waals surface area contributed by atoms with E-state index in [4.69, 9.17) is 4.98 Å². The molecule has 0 spiro atoms. The molecule has 0 aliphatic heterocycles. The number of aryl methyl sites for hydroxylation is 1. The molecule has 1 heterocycles. The fraction of sp³-hybridized carbons (Fsp3) is 0.188. The molecule has 96 valence electrons. The van der Waals surface area contributed by atoms with Crippen molar-refractivity contribution < 1.29 is 0 Å². The molecule has 2 aromatic carbocycles. The van der Waals surface area contributed by atoms with Gasteiger partial charge in [0.05, 0.1) is 11.0 Å². The van der Waals surface area contributed by atoms with Crippen molar-refractivity contribution >= 4 is 27.0 Å². The molecule has 3 aromatic rings. The molecule has 0 radical (unpaired) electrons. The molecule has 3 heteroatoms. The highest BCUT2D eigenvalue weighted by atomic mass is 79.9. The third-order valence-corrected chi connectivity index (χ3v) is 3.93. The zero-order valence-electron chi connectivity index (χ0n) is 10.9. The maximum Gasteiger partial charge on any atom is 0.114 e. The van der Waals surface area contributed by atoms with Crippen LogP contribution in [0.4, 0.5) is 0 Å². The molecule has 0 bridgehead atoms. The van der Waals surface area contributed by atoms with Crippen LogP contribution in [0, 0.1) is 6.92 Å². The van der Waals surface area contributed by atoms with Gasteiger partial charge in [0, 0.05) is 10.4 Å². The van der Waals surface area contributed by atoms with Gasteiger partial charge in [0.2, 0.25) is 0 Å². The van der Waals surface area contributed by atoms with Crippen LogP contribution in [0.1, 0.15) is 29.8 Å². The van der Waals surface area contributed by atoms with Crippen molar-refractivity contribution in [2.45, 2.75) is 19.8 Å². The molecule has 1 N–H and O–H groups in total. The highest BCUT2D eigenvalue weighted by Gasteiger charge is 2.14. The van der Waals surface area contributed by atoms with E-state index in [1.165, 1.54) is 11.1 Å². The Morgan fingerprint density at radius 3 is 2.63 bits per heavy atom. The second-order valence-corrected chi connectivity index (χ2v) is 5.79. The fourth-order valence-corrected chi connectivity index (χ4v) is 2.94. The summed E-state index contributed by atoms with van der Waals surface area (Å²) < 4.78 is 1.08. The van der Waals surface area contributed by atoms with Crippen molar-refractivity contribution in [3.63, 3.8) is 0 Å². The van der Waals surface area contributed by atoms with Gasteiger partial charge in [0.15, 0.2) is 0 Å². The molecule has 0 amide bonds. The largest absolute Gasteiger partial charge is 0.341 e. The van der Waals surface area contributed by atoms with Crippen molar-refractivity contribution in [2.24, 2.45) is 0 Å². The van der Waals surface area contributed by atoms with Gasteiger partial charge in [-0.2, -0.15) is 0 Å². The molecule has 2 nitrogen and oxygen atoms in total. The molecule has 0 aliphatic rings. The summed E-state index contributed by atoms with van der Waals surface area (Å²) in [6.07, 6.45) is 0. The molecule has 3 rings (SSSR count). The number of rotatable bonds is 2. The summed E-state index contributed by atoms with van der Waals surface area (Å²) in [6.45, 7) is 4.27. The van der Waals surface area contributed by atoms with Gasteiger partial charge in [0.25, 0.3) is 0 Å². The number of hydrogen-bond acceptors (Lipinski definition) is 1. The number of fused-ring (bicyclic) bond motifs is 1. The average Bonchev–Trinajstić information content (AvgIpc) is 2.83. The van der Waals surface area contributed by atoms with E-state index < -0.39 is 0 Å². The number of aromatic amines is 1. The van der Waals surface area contributed by atoms with Crippen LogP contribution >= 0.6 is 15.9 Å². The van der Waals surface area contributed by atoms with E-state index in [9.17, 15) is 0 Å². The first-order valence-electron chi connectivity index (χ1n) is 6.36. The topological polar surface area (TPSA) is 28.7 Å². The SMILES string of the molecule is Cc1cc(Br)cc2[nH]c(C(C)c3ccccc3)nc12. The van der Waals surface area contributed by atoms with Crippen LogP contribution in [0.15, 0.2) is 46.9 Å². The predicted octanol–water partition coefficient (Wildman–Crippen LogP) is 4.79. The third-order valence-electron chi connectivity index (χ3n) is 3.47. The molecule has 0 aliphatic carbocycles. The van der Waals surface area contributed by atoms with Gasteiger partial charge in [-0.1, -0.05) is 53.2 Å². The molecule has 1 atom stereocenters. The van der Waals surface area contributed by atoms with Crippen molar-refractivity contribution in [3.05, 3.63) is 63.9 Å². The van der Waals surface area contributed by atoms with E-state index in [1.54, 1.807) is 0 Å². The number of hydrogen-bond donors (Lipinski definition) is 1. The van der Waals surface area contributed by atoms with Crippen LogP contribution in [-0.2, 0) is 0 Å². The Morgan fingerprint density at radius 1 is 1.16 bits per heavy atom. The number of nitrogens with zero attached hydrogens (tertiary/aromatic N) is 1. The van der Waals surface area contributed by atoms with E-state index in [1.807, 2.05) is 6.07 Å². The summed E-state index contributed by atoms with van der Waals surface area (Å²) in [5, 5.41) is 0. The molecule has 19 heavy (non-hydrogen) atoms. The van der Waals surface area contributed by atoms with Crippen molar-refractivity contribution in [1.29, 1.82) is 0 Å². The van der Waals surface area contributed by atoms with Gasteiger partial charge < -0.3 is 4.98 Å². The van der Waals surface area contributed by atoms with Crippen molar-refractivity contribution in [3.8, 4) is 0 Å². The van der Waals surface area contributed by atoms with Crippen LogP contribution in [0.5, 0.6) is 0 Å². The molecular weight excluding hydrogens is 300 g/mol. The second-order valence-electron chi connectivity index (χ2n) is 4.87. The van der Waals surface area contributed by atoms with Crippen molar-refractivity contribution in [1.82, 2.24) is 9.97 Å². The summed E-state index contributed by atoms with van der Waals surface area (Å²) in [6, 6.07) is 14.6. The maximum absolute atomic E-state index is 4.75. The van der Waals surface area contributed by atoms with Gasteiger partial charge in [-0.05, 0) is 30.2 Å². The molecule has 1 unspecified atom stereocenters. The van der Waals surface area contributed by atoms with E-state index in [0.717, 1.165) is 21.3 Å². The summed E-state index contributed by atoms with van der Waals surface area (Å²) in [5.74, 6) is 1.29. The normalized spacial score (nSPS) is 12.8. The van der Waals surface area contributed by atoms with E-state index in [0.29, 0.717) is 0 Å². The first-order valence-corrected chi connectivity index (χ1v) is 7.15. The standard InChI is InChI=1S/C16H15BrN2/c1-10-8-13(17)9-14-15(10)19-16(18-14)11(2)12-6-4-3-5-7-12/h3-9,11H,1-2H3,(H,18,19). The number of benzene rings is 2. The lowest BCUT2D eigenvalue weighted by atomic mass is 10.0. The predicted molar refractivity (Wildman–Crippen MR) is 82.5 cm³/mol. The summed E-state index contributed by atoms with van der Waals surface area (Å²) in [7, 11) is 0. The van der Waals surface area contributed by atoms with Gasteiger partial charge in [0.1, 0.15) is 5.82 Å². The Balaban J connectivity index is 2.09. The van der Waals surface area contributed by atoms with E-state index >= 15 is 0 Å². The van der Waals surface area contributed by atoms with Crippen molar-refractivity contribution in [2.75, 3.05) is 0 Å². The molecule has 0 saturated heterocycles. The van der Waals surface area contributed by atoms with Gasteiger partial charge >= 0.3 is 0 Å². The Kier molecular flexibility index (Phi) is 3.15. The monoisotopic (exact) mass is 314 g/mol. The zero-order valence-corrected chi connectivity index (χ0v) is 12.5. The first-order chi connectivity index (χ1) is 9.15. The van der Waals surface area contributed by atoms with Crippen LogP contribution in [-0.4, -0.2) is 9.97 Å². The minimum Gasteiger partial charge on any atom is -0.341 e. The number of aromatic nitrogens is 2. The average molecular weight is 315 g/mol. The van der Waals surface area contributed by atoms with Crippen LogP contribution in [0.25, 0.3) is 11.0 Å². The second kappa shape index (κ2) is 4.82. The summed E-state index contributed by atoms with van der Waals surface area (Å²) >= 11 is 3.53. The zero-order chi connectivity index (χ0) is 13.4.